The summed E-state index contributed by atoms with van der Waals surface area (Å²) in [6, 6.07) is 4.15. The molecule has 0 spiro atoms. The highest BCUT2D eigenvalue weighted by Gasteiger charge is 2.24. The van der Waals surface area contributed by atoms with Crippen LogP contribution in [0.5, 0.6) is 0 Å². The van der Waals surface area contributed by atoms with E-state index in [2.05, 4.69) is 19.1 Å². The van der Waals surface area contributed by atoms with Crippen LogP contribution in [0.2, 0.25) is 0 Å². The summed E-state index contributed by atoms with van der Waals surface area (Å²) in [6.45, 7) is 0. The minimum atomic E-state index is -4.13. The Morgan fingerprint density at radius 1 is 1.31 bits per heavy atom. The molecule has 0 aliphatic heterocycles. The Morgan fingerprint density at radius 2 is 1.96 bits per heavy atom. The number of nitrogen functional groups attached to an aromatic ring is 1. The van der Waals surface area contributed by atoms with E-state index in [-0.39, 0.29) is 21.0 Å². The number of rotatable bonds is 6. The molecule has 0 unspecified atom stereocenters. The number of benzene rings is 1. The standard InChI is InChI=1S/C15H17N5O4S2/c1-20(2)9-19-26(22,23)12-8-10(14(21)24-3)7-11(16)13(12)25-15-17-5-4-6-18-15/h4-9H,16H2,1-3H3/b19-9+. The second-order valence-electron chi connectivity index (χ2n) is 5.18. The lowest BCUT2D eigenvalue weighted by atomic mass is 10.2. The predicted octanol–water partition coefficient (Wildman–Crippen LogP) is 1.28. The summed E-state index contributed by atoms with van der Waals surface area (Å²) in [4.78, 5) is 21.4. The van der Waals surface area contributed by atoms with Gasteiger partial charge in [0.2, 0.25) is 0 Å². The number of esters is 1. The summed E-state index contributed by atoms with van der Waals surface area (Å²) >= 11 is 0.964. The van der Waals surface area contributed by atoms with Crippen molar-refractivity contribution in [2.24, 2.45) is 4.40 Å². The smallest absolute Gasteiger partial charge is 0.337 e. The van der Waals surface area contributed by atoms with Gasteiger partial charge >= 0.3 is 5.97 Å². The minimum Gasteiger partial charge on any atom is -0.465 e. The lowest BCUT2D eigenvalue weighted by Gasteiger charge is -2.12. The van der Waals surface area contributed by atoms with Gasteiger partial charge in [-0.15, -0.1) is 4.40 Å². The van der Waals surface area contributed by atoms with E-state index in [1.165, 1.54) is 36.5 Å². The third kappa shape index (κ3) is 4.70. The fraction of sp³-hybridized carbons (Fsp3) is 0.200. The van der Waals surface area contributed by atoms with E-state index in [4.69, 9.17) is 5.73 Å². The van der Waals surface area contributed by atoms with E-state index < -0.39 is 16.0 Å². The summed E-state index contributed by atoms with van der Waals surface area (Å²) < 4.78 is 33.6. The molecule has 1 aromatic carbocycles. The molecule has 2 rings (SSSR count). The van der Waals surface area contributed by atoms with Gasteiger partial charge in [-0.25, -0.2) is 14.8 Å². The molecule has 0 saturated heterocycles. The molecule has 9 nitrogen and oxygen atoms in total. The van der Waals surface area contributed by atoms with Crippen LogP contribution in [0.15, 0.2) is 49.9 Å². The van der Waals surface area contributed by atoms with Crippen molar-refractivity contribution in [1.29, 1.82) is 0 Å². The van der Waals surface area contributed by atoms with Crippen LogP contribution in [0.1, 0.15) is 10.4 Å². The van der Waals surface area contributed by atoms with Crippen molar-refractivity contribution >= 4 is 39.8 Å². The van der Waals surface area contributed by atoms with Gasteiger partial charge in [0, 0.05) is 32.2 Å². The number of nitrogens with zero attached hydrogens (tertiary/aromatic N) is 4. The first kappa shape index (κ1) is 19.7. The van der Waals surface area contributed by atoms with Gasteiger partial charge in [0.1, 0.15) is 11.2 Å². The zero-order valence-corrected chi connectivity index (χ0v) is 15.9. The van der Waals surface area contributed by atoms with Crippen LogP contribution in [0.3, 0.4) is 0 Å². The van der Waals surface area contributed by atoms with E-state index in [1.807, 2.05) is 0 Å². The lowest BCUT2D eigenvalue weighted by molar-refractivity contribution is 0.0600. The van der Waals surface area contributed by atoms with Crippen LogP contribution in [0, 0.1) is 0 Å². The Bertz CT molecular complexity index is 931. The average molecular weight is 395 g/mol. The molecular formula is C15H17N5O4S2. The van der Waals surface area contributed by atoms with Crippen molar-refractivity contribution in [3.63, 3.8) is 0 Å². The number of carbonyl (C=O) groups excluding carboxylic acids is 1. The molecule has 2 aromatic rings. The number of nitrogens with two attached hydrogens (primary N) is 1. The second kappa shape index (κ2) is 8.15. The number of methoxy groups -OCH3 is 1. The zero-order chi connectivity index (χ0) is 19.3. The van der Waals surface area contributed by atoms with Crippen LogP contribution in [0.25, 0.3) is 0 Å². The molecule has 0 amide bonds. The number of anilines is 1. The van der Waals surface area contributed by atoms with Crippen LogP contribution in [0.4, 0.5) is 5.69 Å². The van der Waals surface area contributed by atoms with Crippen molar-refractivity contribution in [1.82, 2.24) is 14.9 Å². The van der Waals surface area contributed by atoms with Crippen LogP contribution in [-0.4, -0.2) is 56.8 Å². The fourth-order valence-corrected chi connectivity index (χ4v) is 4.04. The molecule has 1 heterocycles. The molecule has 2 N–H and O–H groups in total. The molecule has 0 aliphatic carbocycles. The number of ether oxygens (including phenoxy) is 1. The van der Waals surface area contributed by atoms with Crippen LogP contribution < -0.4 is 5.73 Å². The number of aromatic nitrogens is 2. The summed E-state index contributed by atoms with van der Waals surface area (Å²) in [5.74, 6) is -0.711. The first-order chi connectivity index (χ1) is 12.2. The molecule has 1 aromatic heterocycles. The molecule has 0 aliphatic rings. The number of carbonyl (C=O) groups is 1. The number of sulfonamides is 1. The molecule has 0 saturated carbocycles. The van der Waals surface area contributed by atoms with E-state index >= 15 is 0 Å². The summed E-state index contributed by atoms with van der Waals surface area (Å²) in [6.07, 6.45) is 4.18. The van der Waals surface area contributed by atoms with Gasteiger partial charge < -0.3 is 15.4 Å². The summed E-state index contributed by atoms with van der Waals surface area (Å²) in [5.41, 5.74) is 6.08. The number of hydrogen-bond donors (Lipinski definition) is 1. The molecule has 0 bridgehead atoms. The van der Waals surface area contributed by atoms with Crippen molar-refractivity contribution in [2.75, 3.05) is 26.9 Å². The molecule has 11 heteroatoms. The largest absolute Gasteiger partial charge is 0.465 e. The van der Waals surface area contributed by atoms with Crippen molar-refractivity contribution in [3.05, 3.63) is 36.2 Å². The number of hydrogen-bond acceptors (Lipinski definition) is 8. The minimum absolute atomic E-state index is 0.00181. The van der Waals surface area contributed by atoms with Crippen molar-refractivity contribution < 1.29 is 17.9 Å². The van der Waals surface area contributed by atoms with Gasteiger partial charge in [0.25, 0.3) is 10.0 Å². The van der Waals surface area contributed by atoms with Gasteiger partial charge in [-0.05, 0) is 30.0 Å². The Labute approximate surface area is 155 Å². The maximum Gasteiger partial charge on any atom is 0.337 e. The second-order valence-corrected chi connectivity index (χ2v) is 7.76. The predicted molar refractivity (Wildman–Crippen MR) is 97.7 cm³/mol. The molecule has 138 valence electrons. The van der Waals surface area contributed by atoms with Crippen LogP contribution in [-0.2, 0) is 14.8 Å². The van der Waals surface area contributed by atoms with Gasteiger partial charge in [0.05, 0.1) is 17.6 Å². The van der Waals surface area contributed by atoms with Gasteiger partial charge in [-0.1, -0.05) is 0 Å². The highest BCUT2D eigenvalue weighted by atomic mass is 32.2. The highest BCUT2D eigenvalue weighted by Crippen LogP contribution is 2.37. The van der Waals surface area contributed by atoms with E-state index in [1.54, 1.807) is 20.2 Å². The topological polar surface area (TPSA) is 128 Å². The summed E-state index contributed by atoms with van der Waals surface area (Å²) in [7, 11) is 0.324. The Kier molecular flexibility index (Phi) is 6.16. The van der Waals surface area contributed by atoms with Crippen molar-refractivity contribution in [2.45, 2.75) is 14.9 Å². The van der Waals surface area contributed by atoms with E-state index in [0.29, 0.717) is 5.16 Å². The molecule has 0 fully saturated rings. The molecule has 26 heavy (non-hydrogen) atoms. The first-order valence-electron chi connectivity index (χ1n) is 7.18. The maximum atomic E-state index is 12.7. The third-order valence-corrected chi connectivity index (χ3v) is 5.37. The third-order valence-electron chi connectivity index (χ3n) is 2.93. The Morgan fingerprint density at radius 3 is 2.54 bits per heavy atom. The maximum absolute atomic E-state index is 12.7. The molecule has 0 radical (unpaired) electrons. The fourth-order valence-electron chi connectivity index (χ4n) is 1.80. The molecular weight excluding hydrogens is 378 g/mol. The zero-order valence-electron chi connectivity index (χ0n) is 14.3. The molecule has 0 atom stereocenters. The highest BCUT2D eigenvalue weighted by molar-refractivity contribution is 8.00. The van der Waals surface area contributed by atoms with Crippen molar-refractivity contribution in [3.8, 4) is 0 Å². The van der Waals surface area contributed by atoms with Gasteiger partial charge in [-0.3, -0.25) is 0 Å². The monoisotopic (exact) mass is 395 g/mol. The normalized spacial score (nSPS) is 11.5. The van der Waals surface area contributed by atoms with E-state index in [0.717, 1.165) is 18.1 Å². The quantitative estimate of drug-likeness (QED) is 0.253. The lowest BCUT2D eigenvalue weighted by Crippen LogP contribution is -2.12. The average Bonchev–Trinajstić information content (AvgIpc) is 2.61. The van der Waals surface area contributed by atoms with Gasteiger partial charge in [0.15, 0.2) is 5.16 Å². The van der Waals surface area contributed by atoms with Gasteiger partial charge in [-0.2, -0.15) is 8.42 Å². The summed E-state index contributed by atoms with van der Waals surface area (Å²) in [5, 5.41) is 0.304. The SMILES string of the molecule is COC(=O)c1cc(N)c(Sc2ncccn2)c(S(=O)(=O)/N=C/N(C)C)c1. The van der Waals surface area contributed by atoms with E-state index in [9.17, 15) is 13.2 Å². The first-order valence-corrected chi connectivity index (χ1v) is 9.44. The Balaban J connectivity index is 2.64. The van der Waals surface area contributed by atoms with Crippen LogP contribution >= 0.6 is 11.8 Å². The Hall–Kier alpha value is -2.66.